The van der Waals surface area contributed by atoms with E-state index in [1.165, 1.54) is 55.6 Å². The van der Waals surface area contributed by atoms with E-state index < -0.39 is 0 Å². The van der Waals surface area contributed by atoms with Crippen LogP contribution in [0.3, 0.4) is 0 Å². The molecule has 0 spiro atoms. The molecule has 0 nitrogen and oxygen atoms in total. The maximum atomic E-state index is 2.29. The van der Waals surface area contributed by atoms with Crippen molar-refractivity contribution in [3.8, 4) is 44.5 Å². The first-order chi connectivity index (χ1) is 15.7. The van der Waals surface area contributed by atoms with E-state index in [0.29, 0.717) is 0 Å². The summed E-state index contributed by atoms with van der Waals surface area (Å²) in [7, 11) is 0. The molecule has 5 aromatic carbocycles. The Morgan fingerprint density at radius 1 is 0.344 bits per heavy atom. The van der Waals surface area contributed by atoms with Gasteiger partial charge in [0.2, 0.25) is 0 Å². The maximum absolute atomic E-state index is 2.29. The Hall–Kier alpha value is -3.90. The molecule has 5 aromatic rings. The summed E-state index contributed by atoms with van der Waals surface area (Å²) in [6, 6.07) is 43.5. The van der Waals surface area contributed by atoms with E-state index in [2.05, 4.69) is 135 Å². The largest absolute Gasteiger partial charge is 0.0622 e. The molecular weight excluding hydrogens is 384 g/mol. The Bertz CT molecular complexity index is 1360. The summed E-state index contributed by atoms with van der Waals surface area (Å²) in [5.74, 6) is 0. The van der Waals surface area contributed by atoms with Crippen LogP contribution in [0.1, 0.15) is 11.1 Å². The summed E-state index contributed by atoms with van der Waals surface area (Å²) < 4.78 is 0. The lowest BCUT2D eigenvalue weighted by Crippen LogP contribution is -1.95. The van der Waals surface area contributed by atoms with Crippen molar-refractivity contribution < 1.29 is 0 Å². The molecule has 0 aliphatic heterocycles. The minimum atomic E-state index is 1.24. The van der Waals surface area contributed by atoms with Crippen LogP contribution in [0.4, 0.5) is 0 Å². The van der Waals surface area contributed by atoms with Crippen molar-refractivity contribution in [1.29, 1.82) is 0 Å². The molecule has 0 atom stereocenters. The van der Waals surface area contributed by atoms with Crippen LogP contribution in [0.25, 0.3) is 44.5 Å². The van der Waals surface area contributed by atoms with E-state index in [0.717, 1.165) is 0 Å². The molecule has 0 unspecified atom stereocenters. The average molecular weight is 411 g/mol. The maximum Gasteiger partial charge on any atom is -0.00733 e. The average Bonchev–Trinajstić information content (AvgIpc) is 2.87. The third-order valence-corrected chi connectivity index (χ3v) is 6.32. The van der Waals surface area contributed by atoms with Crippen molar-refractivity contribution in [2.24, 2.45) is 0 Å². The second-order valence-electron chi connectivity index (χ2n) is 8.25. The third-order valence-electron chi connectivity index (χ3n) is 6.32. The fraction of sp³-hybridized carbons (Fsp3) is 0.0625. The summed E-state index contributed by atoms with van der Waals surface area (Å²) in [6.45, 7) is 4.43. The first kappa shape index (κ1) is 20.0. The van der Waals surface area contributed by atoms with Gasteiger partial charge in [0.05, 0.1) is 0 Å². The highest BCUT2D eigenvalue weighted by Crippen LogP contribution is 2.42. The lowest BCUT2D eigenvalue weighted by Gasteiger charge is -2.19. The summed E-state index contributed by atoms with van der Waals surface area (Å²) >= 11 is 0. The van der Waals surface area contributed by atoms with Crippen molar-refractivity contribution in [3.05, 3.63) is 132 Å². The zero-order valence-electron chi connectivity index (χ0n) is 18.5. The first-order valence-corrected chi connectivity index (χ1v) is 11.1. The van der Waals surface area contributed by atoms with Gasteiger partial charge in [0.15, 0.2) is 0 Å². The number of aryl methyl sites for hydroxylation is 1. The zero-order valence-corrected chi connectivity index (χ0v) is 18.5. The van der Waals surface area contributed by atoms with E-state index in [1.54, 1.807) is 0 Å². The van der Waals surface area contributed by atoms with Crippen LogP contribution in [0.2, 0.25) is 0 Å². The van der Waals surface area contributed by atoms with Crippen molar-refractivity contribution in [3.63, 3.8) is 0 Å². The van der Waals surface area contributed by atoms with Gasteiger partial charge in [0, 0.05) is 0 Å². The summed E-state index contributed by atoms with van der Waals surface area (Å²) in [6.07, 6.45) is 0. The minimum Gasteiger partial charge on any atom is -0.0622 e. The highest BCUT2D eigenvalue weighted by atomic mass is 14.2. The van der Waals surface area contributed by atoms with Gasteiger partial charge in [-0.3, -0.25) is 0 Å². The van der Waals surface area contributed by atoms with Gasteiger partial charge < -0.3 is 0 Å². The number of hydrogen-bond acceptors (Lipinski definition) is 0. The molecule has 0 bridgehead atoms. The van der Waals surface area contributed by atoms with Gasteiger partial charge in [-0.25, -0.2) is 0 Å². The Balaban J connectivity index is 1.78. The van der Waals surface area contributed by atoms with Gasteiger partial charge in [-0.1, -0.05) is 121 Å². The van der Waals surface area contributed by atoms with Crippen molar-refractivity contribution in [2.75, 3.05) is 0 Å². The zero-order chi connectivity index (χ0) is 21.9. The van der Waals surface area contributed by atoms with Crippen molar-refractivity contribution in [2.45, 2.75) is 13.8 Å². The molecule has 0 N–H and O–H groups in total. The SMILES string of the molecule is Cc1ccc(-c2ccccc2-c2ccccc2-c2ccccc2)c(-c2ccccc2)c1C. The van der Waals surface area contributed by atoms with Crippen LogP contribution in [-0.2, 0) is 0 Å². The number of benzene rings is 5. The lowest BCUT2D eigenvalue weighted by molar-refractivity contribution is 1.34. The highest BCUT2D eigenvalue weighted by Gasteiger charge is 2.17. The molecule has 0 heteroatoms. The molecule has 0 fully saturated rings. The van der Waals surface area contributed by atoms with Gasteiger partial charge in [0.25, 0.3) is 0 Å². The van der Waals surface area contributed by atoms with E-state index in [1.807, 2.05) is 0 Å². The second kappa shape index (κ2) is 8.69. The van der Waals surface area contributed by atoms with Crippen LogP contribution in [0.15, 0.2) is 121 Å². The molecule has 0 aliphatic rings. The molecule has 5 rings (SSSR count). The minimum absolute atomic E-state index is 1.24. The van der Waals surface area contributed by atoms with E-state index in [9.17, 15) is 0 Å². The van der Waals surface area contributed by atoms with Crippen LogP contribution in [-0.4, -0.2) is 0 Å². The van der Waals surface area contributed by atoms with E-state index in [-0.39, 0.29) is 0 Å². The molecule has 0 radical (unpaired) electrons. The lowest BCUT2D eigenvalue weighted by atomic mass is 9.84. The monoisotopic (exact) mass is 410 g/mol. The third kappa shape index (κ3) is 3.65. The molecule has 32 heavy (non-hydrogen) atoms. The van der Waals surface area contributed by atoms with Crippen molar-refractivity contribution in [1.82, 2.24) is 0 Å². The van der Waals surface area contributed by atoms with Crippen LogP contribution in [0, 0.1) is 13.8 Å². The quantitative estimate of drug-likeness (QED) is 0.277. The Morgan fingerprint density at radius 3 is 1.38 bits per heavy atom. The van der Waals surface area contributed by atoms with Gasteiger partial charge in [-0.05, 0) is 69.5 Å². The normalized spacial score (nSPS) is 10.8. The predicted molar refractivity (Wildman–Crippen MR) is 138 cm³/mol. The van der Waals surface area contributed by atoms with E-state index >= 15 is 0 Å². The molecule has 0 saturated heterocycles. The fourth-order valence-electron chi connectivity index (χ4n) is 4.56. The van der Waals surface area contributed by atoms with Crippen molar-refractivity contribution >= 4 is 0 Å². The molecule has 0 amide bonds. The molecule has 154 valence electrons. The molecule has 0 aliphatic carbocycles. The summed E-state index contributed by atoms with van der Waals surface area (Å²) in [4.78, 5) is 0. The van der Waals surface area contributed by atoms with Gasteiger partial charge >= 0.3 is 0 Å². The molecule has 0 saturated carbocycles. The smallest absolute Gasteiger partial charge is 0.00733 e. The van der Waals surface area contributed by atoms with Crippen LogP contribution in [0.5, 0.6) is 0 Å². The van der Waals surface area contributed by atoms with Crippen LogP contribution < -0.4 is 0 Å². The fourth-order valence-corrected chi connectivity index (χ4v) is 4.56. The van der Waals surface area contributed by atoms with Gasteiger partial charge in [0.1, 0.15) is 0 Å². The molecule has 0 aromatic heterocycles. The topological polar surface area (TPSA) is 0 Å². The summed E-state index contributed by atoms with van der Waals surface area (Å²) in [5, 5.41) is 0. The Labute approximate surface area is 190 Å². The number of hydrogen-bond donors (Lipinski definition) is 0. The van der Waals surface area contributed by atoms with Crippen LogP contribution >= 0.6 is 0 Å². The van der Waals surface area contributed by atoms with E-state index in [4.69, 9.17) is 0 Å². The second-order valence-corrected chi connectivity index (χ2v) is 8.25. The molecular formula is C32H26. The summed E-state index contributed by atoms with van der Waals surface area (Å²) in [5.41, 5.74) is 12.8. The standard InChI is InChI=1S/C32H26/c1-23-21-22-31(32(24(23)2)26-15-7-4-8-16-26)30-20-12-11-19-29(30)28-18-10-9-17-27(28)25-13-5-3-6-14-25/h3-22H,1-2H3. The highest BCUT2D eigenvalue weighted by molar-refractivity contribution is 5.96. The van der Waals surface area contributed by atoms with Gasteiger partial charge in [-0.2, -0.15) is 0 Å². The Morgan fingerprint density at radius 2 is 0.781 bits per heavy atom. The molecule has 0 heterocycles. The first-order valence-electron chi connectivity index (χ1n) is 11.1. The Kier molecular flexibility index (Phi) is 5.44. The number of rotatable bonds is 4. The van der Waals surface area contributed by atoms with Gasteiger partial charge in [-0.15, -0.1) is 0 Å². The predicted octanol–water partition coefficient (Wildman–Crippen LogP) is 8.97.